The van der Waals surface area contributed by atoms with Crippen molar-refractivity contribution in [2.75, 3.05) is 11.4 Å². The zero-order valence-electron chi connectivity index (χ0n) is 17.4. The van der Waals surface area contributed by atoms with Gasteiger partial charge in [0, 0.05) is 24.3 Å². The molecule has 0 aromatic heterocycles. The second-order valence-electron chi connectivity index (χ2n) is 7.72. The molecule has 0 spiro atoms. The van der Waals surface area contributed by atoms with Crippen LogP contribution >= 0.6 is 0 Å². The molecule has 0 unspecified atom stereocenters. The summed E-state index contributed by atoms with van der Waals surface area (Å²) in [7, 11) is -3.87. The van der Waals surface area contributed by atoms with E-state index in [2.05, 4.69) is 4.72 Å². The molecule has 0 fully saturated rings. The summed E-state index contributed by atoms with van der Waals surface area (Å²) in [5, 5.41) is 0. The van der Waals surface area contributed by atoms with Crippen LogP contribution < -0.4 is 9.62 Å². The lowest BCUT2D eigenvalue weighted by Crippen LogP contribution is -2.29. The van der Waals surface area contributed by atoms with Gasteiger partial charge in [0.2, 0.25) is 10.0 Å². The fraction of sp³-hybridized carbons (Fsp3) is 0.208. The van der Waals surface area contributed by atoms with Gasteiger partial charge in [0.25, 0.3) is 5.91 Å². The van der Waals surface area contributed by atoms with E-state index >= 15 is 0 Å². The zero-order valence-corrected chi connectivity index (χ0v) is 18.2. The van der Waals surface area contributed by atoms with Crippen LogP contribution in [0.25, 0.3) is 0 Å². The lowest BCUT2D eigenvalue weighted by molar-refractivity contribution is 0.0989. The number of carbonyl (C=O) groups excluding carboxylic acids is 1. The molecule has 1 aliphatic rings. The van der Waals surface area contributed by atoms with Crippen LogP contribution in [0, 0.1) is 19.7 Å². The average Bonchev–Trinajstić information content (AvgIpc) is 3.17. The fourth-order valence-electron chi connectivity index (χ4n) is 3.82. The molecule has 1 N–H and O–H groups in total. The van der Waals surface area contributed by atoms with Crippen LogP contribution in [0.1, 0.15) is 32.6 Å². The van der Waals surface area contributed by atoms with E-state index < -0.39 is 15.8 Å². The minimum Gasteiger partial charge on any atom is -0.308 e. The molecule has 4 rings (SSSR count). The van der Waals surface area contributed by atoms with Gasteiger partial charge >= 0.3 is 0 Å². The number of sulfonamides is 1. The molecule has 1 amide bonds. The number of benzene rings is 3. The Labute approximate surface area is 181 Å². The van der Waals surface area contributed by atoms with Gasteiger partial charge in [0.15, 0.2) is 0 Å². The third-order valence-corrected chi connectivity index (χ3v) is 7.12. The number of aryl methyl sites for hydroxylation is 2. The molecule has 3 aromatic rings. The van der Waals surface area contributed by atoms with E-state index in [0.29, 0.717) is 17.7 Å². The number of nitrogens with zero attached hydrogens (tertiary/aromatic N) is 1. The van der Waals surface area contributed by atoms with Crippen LogP contribution in [0.2, 0.25) is 0 Å². The van der Waals surface area contributed by atoms with Crippen LogP contribution in [0.5, 0.6) is 0 Å². The van der Waals surface area contributed by atoms with E-state index in [1.165, 1.54) is 12.1 Å². The van der Waals surface area contributed by atoms with Crippen molar-refractivity contribution in [2.24, 2.45) is 0 Å². The Balaban J connectivity index is 1.56. The molecule has 0 aliphatic carbocycles. The Kier molecular flexibility index (Phi) is 5.64. The number of nitrogens with one attached hydrogen (secondary N) is 1. The van der Waals surface area contributed by atoms with E-state index in [-0.39, 0.29) is 17.3 Å². The quantitative estimate of drug-likeness (QED) is 0.652. The van der Waals surface area contributed by atoms with Gasteiger partial charge in [-0.3, -0.25) is 4.79 Å². The molecule has 0 bridgehead atoms. The van der Waals surface area contributed by atoms with Crippen molar-refractivity contribution in [1.82, 2.24) is 4.72 Å². The summed E-state index contributed by atoms with van der Waals surface area (Å²) < 4.78 is 41.4. The van der Waals surface area contributed by atoms with Crippen LogP contribution in [-0.4, -0.2) is 20.9 Å². The molecule has 31 heavy (non-hydrogen) atoms. The summed E-state index contributed by atoms with van der Waals surface area (Å²) in [6.45, 7) is 4.15. The van der Waals surface area contributed by atoms with E-state index in [0.717, 1.165) is 34.9 Å². The number of hydrogen-bond donors (Lipinski definition) is 1. The first-order valence-corrected chi connectivity index (χ1v) is 11.5. The van der Waals surface area contributed by atoms with Gasteiger partial charge < -0.3 is 4.90 Å². The Hall–Kier alpha value is -3.03. The molecule has 0 atom stereocenters. The normalized spacial score (nSPS) is 13.3. The van der Waals surface area contributed by atoms with Gasteiger partial charge in [-0.25, -0.2) is 17.5 Å². The summed E-state index contributed by atoms with van der Waals surface area (Å²) in [6.07, 6.45) is 0.751. The minimum atomic E-state index is -3.87. The maximum atomic E-state index is 13.5. The van der Waals surface area contributed by atoms with Crippen molar-refractivity contribution >= 4 is 21.6 Å². The minimum absolute atomic E-state index is 0.0396. The van der Waals surface area contributed by atoms with Crippen LogP contribution in [0.4, 0.5) is 10.1 Å². The van der Waals surface area contributed by atoms with Crippen molar-refractivity contribution in [1.29, 1.82) is 0 Å². The maximum absolute atomic E-state index is 13.5. The number of rotatable bonds is 5. The van der Waals surface area contributed by atoms with Gasteiger partial charge in [-0.2, -0.15) is 0 Å². The average molecular weight is 439 g/mol. The zero-order chi connectivity index (χ0) is 22.2. The largest absolute Gasteiger partial charge is 0.308 e. The highest BCUT2D eigenvalue weighted by atomic mass is 32.2. The molecule has 1 heterocycles. The van der Waals surface area contributed by atoms with Gasteiger partial charge in [-0.15, -0.1) is 0 Å². The Morgan fingerprint density at radius 1 is 1.03 bits per heavy atom. The van der Waals surface area contributed by atoms with E-state index in [1.807, 2.05) is 49.4 Å². The number of amides is 1. The Bertz CT molecular complexity index is 1270. The second kappa shape index (κ2) is 8.24. The Morgan fingerprint density at radius 3 is 2.58 bits per heavy atom. The van der Waals surface area contributed by atoms with Crippen molar-refractivity contribution in [3.05, 3.63) is 94.3 Å². The van der Waals surface area contributed by atoms with Gasteiger partial charge in [0.1, 0.15) is 5.82 Å². The standard InChI is InChI=1S/C24H23FN2O3S/c1-16-5-3-4-6-21(16)24(28)27-12-11-19-9-8-18(13-22(19)27)15-26-31(29,30)23-14-20(25)10-7-17(23)2/h3-10,13-14,26H,11-12,15H2,1-2H3. The number of hydrogen-bond acceptors (Lipinski definition) is 3. The van der Waals surface area contributed by atoms with Crippen LogP contribution in [-0.2, 0) is 23.0 Å². The third kappa shape index (κ3) is 4.24. The molecule has 1 aliphatic heterocycles. The molecular formula is C24H23FN2O3S. The van der Waals surface area contributed by atoms with Crippen molar-refractivity contribution < 1.29 is 17.6 Å². The SMILES string of the molecule is Cc1ccccc1C(=O)N1CCc2ccc(CNS(=O)(=O)c3cc(F)ccc3C)cc21. The maximum Gasteiger partial charge on any atom is 0.258 e. The summed E-state index contributed by atoms with van der Waals surface area (Å²) in [5.74, 6) is -0.668. The van der Waals surface area contributed by atoms with Crippen molar-refractivity contribution in [3.63, 3.8) is 0 Å². The lowest BCUT2D eigenvalue weighted by Gasteiger charge is -2.19. The highest BCUT2D eigenvalue weighted by Gasteiger charge is 2.27. The van der Waals surface area contributed by atoms with E-state index in [4.69, 9.17) is 0 Å². The molecule has 5 nitrogen and oxygen atoms in total. The molecule has 0 saturated carbocycles. The highest BCUT2D eigenvalue weighted by Crippen LogP contribution is 2.31. The fourth-order valence-corrected chi connectivity index (χ4v) is 5.10. The number of carbonyl (C=O) groups is 1. The number of anilines is 1. The van der Waals surface area contributed by atoms with Gasteiger partial charge in [-0.05, 0) is 66.8 Å². The predicted molar refractivity (Wildman–Crippen MR) is 118 cm³/mol. The lowest BCUT2D eigenvalue weighted by atomic mass is 10.1. The van der Waals surface area contributed by atoms with E-state index in [1.54, 1.807) is 11.8 Å². The van der Waals surface area contributed by atoms with Crippen LogP contribution in [0.3, 0.4) is 0 Å². The Morgan fingerprint density at radius 2 is 1.81 bits per heavy atom. The molecule has 0 saturated heterocycles. The topological polar surface area (TPSA) is 66.5 Å². The third-order valence-electron chi connectivity index (χ3n) is 5.57. The monoisotopic (exact) mass is 438 g/mol. The molecular weight excluding hydrogens is 415 g/mol. The predicted octanol–water partition coefficient (Wildman–Crippen LogP) is 4.12. The summed E-state index contributed by atoms with van der Waals surface area (Å²) in [6, 6.07) is 16.8. The van der Waals surface area contributed by atoms with Gasteiger partial charge in [0.05, 0.1) is 4.90 Å². The van der Waals surface area contributed by atoms with Gasteiger partial charge in [-0.1, -0.05) is 36.4 Å². The molecule has 0 radical (unpaired) electrons. The second-order valence-corrected chi connectivity index (χ2v) is 9.45. The number of halogens is 1. The first-order chi connectivity index (χ1) is 14.8. The first-order valence-electron chi connectivity index (χ1n) is 10.0. The molecule has 3 aromatic carbocycles. The smallest absolute Gasteiger partial charge is 0.258 e. The molecule has 160 valence electrons. The van der Waals surface area contributed by atoms with Crippen molar-refractivity contribution in [3.8, 4) is 0 Å². The number of fused-ring (bicyclic) bond motifs is 1. The summed E-state index contributed by atoms with van der Waals surface area (Å²) in [5.41, 5.74) is 4.61. The van der Waals surface area contributed by atoms with Crippen molar-refractivity contribution in [2.45, 2.75) is 31.7 Å². The first kappa shape index (κ1) is 21.2. The highest BCUT2D eigenvalue weighted by molar-refractivity contribution is 7.89. The van der Waals surface area contributed by atoms with Crippen LogP contribution in [0.15, 0.2) is 65.6 Å². The molecule has 7 heteroatoms. The summed E-state index contributed by atoms with van der Waals surface area (Å²) in [4.78, 5) is 14.8. The summed E-state index contributed by atoms with van der Waals surface area (Å²) >= 11 is 0. The van der Waals surface area contributed by atoms with E-state index in [9.17, 15) is 17.6 Å².